The predicted molar refractivity (Wildman–Crippen MR) is 202 cm³/mol. The standard InChI is InChI=1S/C38H31N7O6S2/c1-23-35(52-38(40-23)45-32(26-15-7-4-8-16-26)21-30(44-45)25-13-5-3-6-14-25)33(47)22-31(37(49)41-29-19-11-9-17-27(29)24(2)46)42-43-36(48)28-18-10-12-20-34(28)53(39,50)51/h3-21H,22H2,1-2H3,(H,41,49)(H,43,48)(H2,39,50,51)/b42-31+. The van der Waals surface area contributed by atoms with Crippen LogP contribution in [0.3, 0.4) is 0 Å². The number of anilines is 1. The molecule has 0 saturated heterocycles. The number of aromatic nitrogens is 3. The summed E-state index contributed by atoms with van der Waals surface area (Å²) in [5, 5.41) is 17.1. The molecule has 2 amide bonds. The first-order chi connectivity index (χ1) is 25.4. The predicted octanol–water partition coefficient (Wildman–Crippen LogP) is 5.82. The molecule has 6 rings (SSSR count). The first-order valence-corrected chi connectivity index (χ1v) is 18.4. The van der Waals surface area contributed by atoms with E-state index in [4.69, 9.17) is 10.2 Å². The molecule has 0 unspecified atom stereocenters. The third-order valence-corrected chi connectivity index (χ3v) is 10.1. The molecule has 0 radical (unpaired) electrons. The van der Waals surface area contributed by atoms with Gasteiger partial charge < -0.3 is 5.32 Å². The number of para-hydroxylation sites is 1. The quantitative estimate of drug-likeness (QED) is 0.0792. The lowest BCUT2D eigenvalue weighted by Crippen LogP contribution is -2.30. The normalized spacial score (nSPS) is 11.6. The number of benzene rings is 4. The number of nitrogens with zero attached hydrogens (tertiary/aromatic N) is 4. The summed E-state index contributed by atoms with van der Waals surface area (Å²) in [7, 11) is -4.29. The van der Waals surface area contributed by atoms with Gasteiger partial charge in [-0.05, 0) is 44.2 Å². The largest absolute Gasteiger partial charge is 0.320 e. The van der Waals surface area contributed by atoms with E-state index in [-0.39, 0.29) is 27.5 Å². The van der Waals surface area contributed by atoms with Gasteiger partial charge in [-0.1, -0.05) is 96.3 Å². The van der Waals surface area contributed by atoms with E-state index in [0.29, 0.717) is 16.5 Å². The molecule has 13 nitrogen and oxygen atoms in total. The summed E-state index contributed by atoms with van der Waals surface area (Å²) >= 11 is 1.07. The number of ketones is 2. The maximum atomic E-state index is 14.0. The number of carbonyl (C=O) groups is 4. The van der Waals surface area contributed by atoms with E-state index < -0.39 is 44.6 Å². The highest BCUT2D eigenvalue weighted by molar-refractivity contribution is 7.89. The van der Waals surface area contributed by atoms with Crippen molar-refractivity contribution in [1.29, 1.82) is 0 Å². The van der Waals surface area contributed by atoms with Crippen LogP contribution >= 0.6 is 11.3 Å². The fourth-order valence-electron chi connectivity index (χ4n) is 5.40. The molecule has 53 heavy (non-hydrogen) atoms. The van der Waals surface area contributed by atoms with Crippen LogP contribution in [0.2, 0.25) is 0 Å². The van der Waals surface area contributed by atoms with Gasteiger partial charge in [0.25, 0.3) is 11.8 Å². The van der Waals surface area contributed by atoms with Gasteiger partial charge in [0.2, 0.25) is 15.2 Å². The van der Waals surface area contributed by atoms with Gasteiger partial charge in [-0.15, -0.1) is 0 Å². The van der Waals surface area contributed by atoms with Gasteiger partial charge in [0.15, 0.2) is 11.6 Å². The van der Waals surface area contributed by atoms with Gasteiger partial charge in [0.05, 0.1) is 44.5 Å². The van der Waals surface area contributed by atoms with Crippen LogP contribution in [0.25, 0.3) is 27.6 Å². The van der Waals surface area contributed by atoms with Crippen molar-refractivity contribution in [2.75, 3.05) is 5.32 Å². The van der Waals surface area contributed by atoms with E-state index in [2.05, 4.69) is 20.8 Å². The van der Waals surface area contributed by atoms with Crippen LogP contribution in [-0.2, 0) is 14.8 Å². The number of Topliss-reactive ketones (excluding diaryl/α,β-unsaturated/α-hetero) is 2. The van der Waals surface area contributed by atoms with Gasteiger partial charge in [-0.2, -0.15) is 10.2 Å². The summed E-state index contributed by atoms with van der Waals surface area (Å²) in [6.07, 6.45) is -0.604. The molecule has 0 aliphatic rings. The number of hydrogen-bond acceptors (Lipinski definition) is 10. The summed E-state index contributed by atoms with van der Waals surface area (Å²) in [4.78, 5) is 57.5. The average Bonchev–Trinajstić information content (AvgIpc) is 3.78. The molecular formula is C38H31N7O6S2. The van der Waals surface area contributed by atoms with Gasteiger partial charge in [-0.3, -0.25) is 19.2 Å². The van der Waals surface area contributed by atoms with Crippen molar-refractivity contribution in [3.8, 4) is 27.6 Å². The first-order valence-electron chi connectivity index (χ1n) is 16.0. The Morgan fingerprint density at radius 2 is 1.43 bits per heavy atom. The highest BCUT2D eigenvalue weighted by atomic mass is 32.2. The van der Waals surface area contributed by atoms with Crippen LogP contribution in [0.1, 0.15) is 49.4 Å². The minimum atomic E-state index is -4.29. The topological polar surface area (TPSA) is 196 Å². The minimum absolute atomic E-state index is 0.161. The van der Waals surface area contributed by atoms with Gasteiger partial charge in [0.1, 0.15) is 5.71 Å². The number of primary sulfonamides is 1. The summed E-state index contributed by atoms with van der Waals surface area (Å²) in [5.41, 5.74) is 5.38. The molecular weight excluding hydrogens is 715 g/mol. The fraction of sp³-hybridized carbons (Fsp3) is 0.0789. The van der Waals surface area contributed by atoms with Crippen LogP contribution in [0, 0.1) is 6.92 Å². The van der Waals surface area contributed by atoms with Gasteiger partial charge >= 0.3 is 0 Å². The number of nitrogens with one attached hydrogen (secondary N) is 2. The number of thiazole rings is 1. The number of rotatable bonds is 12. The first kappa shape index (κ1) is 36.4. The second-order valence-corrected chi connectivity index (χ2v) is 14.2. The number of sulfonamides is 1. The van der Waals surface area contributed by atoms with Crippen LogP contribution in [0.5, 0.6) is 0 Å². The van der Waals surface area contributed by atoms with E-state index in [9.17, 15) is 27.6 Å². The number of nitrogens with two attached hydrogens (primary N) is 1. The Labute approximate surface area is 308 Å². The number of amides is 2. The van der Waals surface area contributed by atoms with Crippen molar-refractivity contribution in [1.82, 2.24) is 20.2 Å². The molecule has 0 bridgehead atoms. The summed E-state index contributed by atoms with van der Waals surface area (Å²) < 4.78 is 25.9. The molecule has 15 heteroatoms. The second kappa shape index (κ2) is 15.4. The maximum absolute atomic E-state index is 14.0. The second-order valence-electron chi connectivity index (χ2n) is 11.7. The van der Waals surface area contributed by atoms with Crippen molar-refractivity contribution in [3.63, 3.8) is 0 Å². The van der Waals surface area contributed by atoms with E-state index in [1.54, 1.807) is 23.7 Å². The molecule has 2 heterocycles. The average molecular weight is 746 g/mol. The van der Waals surface area contributed by atoms with Crippen molar-refractivity contribution in [2.24, 2.45) is 10.2 Å². The lowest BCUT2D eigenvalue weighted by molar-refractivity contribution is -0.110. The molecule has 4 aromatic carbocycles. The zero-order valence-electron chi connectivity index (χ0n) is 28.3. The Balaban J connectivity index is 1.35. The fourth-order valence-corrected chi connectivity index (χ4v) is 7.11. The third-order valence-electron chi connectivity index (χ3n) is 7.94. The SMILES string of the molecule is CC(=O)c1ccccc1NC(=O)/C(CC(=O)c1sc(-n2nc(-c3ccccc3)cc2-c2ccccc2)nc1C)=N/NC(=O)c1ccccc1S(N)(=O)=O. The van der Waals surface area contributed by atoms with Crippen LogP contribution in [0.4, 0.5) is 5.69 Å². The number of hydrogen-bond donors (Lipinski definition) is 3. The van der Waals surface area contributed by atoms with E-state index >= 15 is 0 Å². The van der Waals surface area contributed by atoms with Crippen LogP contribution in [0.15, 0.2) is 125 Å². The lowest BCUT2D eigenvalue weighted by Gasteiger charge is -2.11. The number of carbonyl (C=O) groups excluding carboxylic acids is 4. The Hall–Kier alpha value is -6.42. The van der Waals surface area contributed by atoms with Crippen LogP contribution in [-0.4, -0.2) is 52.3 Å². The monoisotopic (exact) mass is 745 g/mol. The number of aryl methyl sites for hydroxylation is 1. The molecule has 0 saturated carbocycles. The highest BCUT2D eigenvalue weighted by Gasteiger charge is 2.26. The lowest BCUT2D eigenvalue weighted by atomic mass is 10.1. The molecule has 0 aliphatic carbocycles. The van der Waals surface area contributed by atoms with Crippen molar-refractivity contribution in [2.45, 2.75) is 25.2 Å². The molecule has 0 atom stereocenters. The summed E-state index contributed by atoms with van der Waals surface area (Å²) in [6, 6.07) is 32.6. The van der Waals surface area contributed by atoms with Crippen molar-refractivity contribution in [3.05, 3.63) is 137 Å². The Morgan fingerprint density at radius 3 is 2.09 bits per heavy atom. The van der Waals surface area contributed by atoms with Crippen molar-refractivity contribution >= 4 is 56.1 Å². The third kappa shape index (κ3) is 8.23. The minimum Gasteiger partial charge on any atom is -0.320 e. The van der Waals surface area contributed by atoms with Gasteiger partial charge in [-0.25, -0.2) is 28.6 Å². The molecule has 0 spiro atoms. The van der Waals surface area contributed by atoms with Gasteiger partial charge in [0, 0.05) is 16.7 Å². The molecule has 266 valence electrons. The smallest absolute Gasteiger partial charge is 0.272 e. The highest BCUT2D eigenvalue weighted by Crippen LogP contribution is 2.32. The zero-order valence-corrected chi connectivity index (χ0v) is 29.9. The number of hydrazone groups is 1. The van der Waals surface area contributed by atoms with E-state index in [1.807, 2.05) is 66.7 Å². The van der Waals surface area contributed by atoms with Crippen molar-refractivity contribution < 1.29 is 27.6 Å². The van der Waals surface area contributed by atoms with E-state index in [1.165, 1.54) is 37.3 Å². The summed E-state index contributed by atoms with van der Waals surface area (Å²) in [6.45, 7) is 2.99. The molecule has 0 fully saturated rings. The Bertz CT molecular complexity index is 2510. The molecule has 6 aromatic rings. The molecule has 0 aliphatic heterocycles. The molecule has 2 aromatic heterocycles. The zero-order chi connectivity index (χ0) is 37.7. The van der Waals surface area contributed by atoms with Crippen LogP contribution < -0.4 is 15.9 Å². The maximum Gasteiger partial charge on any atom is 0.272 e. The molecule has 4 N–H and O–H groups in total. The Morgan fingerprint density at radius 1 is 0.830 bits per heavy atom. The Kier molecular flexibility index (Phi) is 10.6. The van der Waals surface area contributed by atoms with E-state index in [0.717, 1.165) is 34.2 Å². The summed E-state index contributed by atoms with van der Waals surface area (Å²) in [5.74, 6) is -2.74.